The van der Waals surface area contributed by atoms with Crippen molar-refractivity contribution in [1.29, 1.82) is 0 Å². The number of fused-ring (bicyclic) bond motifs is 3. The van der Waals surface area contributed by atoms with Crippen LogP contribution in [0.1, 0.15) is 65.4 Å². The number of hydrogen-bond donors (Lipinski definition) is 0. The molecule has 0 aliphatic heterocycles. The van der Waals surface area contributed by atoms with E-state index >= 15 is 0 Å². The van der Waals surface area contributed by atoms with Gasteiger partial charge in [0.2, 0.25) is 0 Å². The van der Waals surface area contributed by atoms with Crippen LogP contribution in [0.5, 0.6) is 0 Å². The fourth-order valence-electron chi connectivity index (χ4n) is 4.65. The molecular weight excluding hydrogens is 436 g/mol. The number of benzene rings is 1. The number of thioether (sulfide) groups is 1. The number of carbonyl (C=O) groups excluding carboxylic acids is 1. The van der Waals surface area contributed by atoms with Crippen LogP contribution in [-0.4, -0.2) is 21.1 Å². The topological polar surface area (TPSA) is 52.0 Å². The number of halogens is 1. The molecule has 0 radical (unpaired) electrons. The second-order valence-electron chi connectivity index (χ2n) is 8.12. The van der Waals surface area contributed by atoms with Gasteiger partial charge in [-0.1, -0.05) is 42.6 Å². The number of nitrogens with zero attached hydrogens (tertiary/aromatic N) is 2. The minimum atomic E-state index is 0.0230. The van der Waals surface area contributed by atoms with Crippen LogP contribution in [0.2, 0.25) is 5.02 Å². The van der Waals surface area contributed by atoms with Gasteiger partial charge in [0.15, 0.2) is 10.9 Å². The Kier molecular flexibility index (Phi) is 5.73. The molecular formula is C23H23ClN2O2S2. The Hall–Kier alpha value is -1.63. The monoisotopic (exact) mass is 458 g/mol. The van der Waals surface area contributed by atoms with Crippen LogP contribution in [0, 0.1) is 0 Å². The molecule has 4 nitrogen and oxygen atoms in total. The van der Waals surface area contributed by atoms with Gasteiger partial charge < -0.3 is 0 Å². The number of thiophene rings is 1. The van der Waals surface area contributed by atoms with Crippen molar-refractivity contribution in [3.63, 3.8) is 0 Å². The molecule has 0 amide bonds. The molecule has 3 aromatic rings. The van der Waals surface area contributed by atoms with Gasteiger partial charge >= 0.3 is 0 Å². The molecule has 0 saturated heterocycles. The van der Waals surface area contributed by atoms with E-state index in [2.05, 4.69) is 0 Å². The molecule has 1 fully saturated rings. The van der Waals surface area contributed by atoms with E-state index in [0.29, 0.717) is 15.7 Å². The molecule has 7 heteroatoms. The van der Waals surface area contributed by atoms with E-state index in [4.69, 9.17) is 16.6 Å². The number of aryl methyl sites for hydroxylation is 2. The van der Waals surface area contributed by atoms with Gasteiger partial charge in [0.25, 0.3) is 5.56 Å². The van der Waals surface area contributed by atoms with Crippen molar-refractivity contribution in [2.45, 2.75) is 62.6 Å². The van der Waals surface area contributed by atoms with Crippen molar-refractivity contribution >= 4 is 50.7 Å². The van der Waals surface area contributed by atoms with Crippen LogP contribution in [0.3, 0.4) is 0 Å². The molecule has 2 aliphatic rings. The molecule has 30 heavy (non-hydrogen) atoms. The van der Waals surface area contributed by atoms with E-state index in [0.717, 1.165) is 55.2 Å². The lowest BCUT2D eigenvalue weighted by molar-refractivity contribution is 0.102. The van der Waals surface area contributed by atoms with E-state index in [1.54, 1.807) is 35.6 Å². The van der Waals surface area contributed by atoms with Crippen molar-refractivity contribution in [1.82, 2.24) is 9.55 Å². The van der Waals surface area contributed by atoms with E-state index in [1.165, 1.54) is 28.6 Å². The van der Waals surface area contributed by atoms with Gasteiger partial charge in [-0.05, 0) is 61.9 Å². The molecule has 0 unspecified atom stereocenters. The fourth-order valence-corrected chi connectivity index (χ4v) is 7.04. The van der Waals surface area contributed by atoms with Crippen LogP contribution in [0.4, 0.5) is 0 Å². The summed E-state index contributed by atoms with van der Waals surface area (Å²) in [4.78, 5) is 33.4. The fraction of sp³-hybridized carbons (Fsp3) is 0.435. The summed E-state index contributed by atoms with van der Waals surface area (Å²) in [7, 11) is 0. The van der Waals surface area contributed by atoms with Crippen molar-refractivity contribution in [3.8, 4) is 0 Å². The molecule has 2 aliphatic carbocycles. The normalized spacial score (nSPS) is 16.8. The third-order valence-electron chi connectivity index (χ3n) is 6.18. The SMILES string of the molecule is O=C(CSc1nc2sc3c(c2c(=O)n1C1CCCCC1)CCC3)c1ccc(Cl)cc1. The molecule has 1 saturated carbocycles. The van der Waals surface area contributed by atoms with Crippen molar-refractivity contribution in [2.75, 3.05) is 5.75 Å². The zero-order valence-electron chi connectivity index (χ0n) is 16.7. The van der Waals surface area contributed by atoms with E-state index in [1.807, 2.05) is 4.57 Å². The van der Waals surface area contributed by atoms with Crippen molar-refractivity contribution in [2.24, 2.45) is 0 Å². The van der Waals surface area contributed by atoms with Crippen LogP contribution in [-0.2, 0) is 12.8 Å². The third-order valence-corrected chi connectivity index (χ3v) is 8.57. The number of ketones is 1. The lowest BCUT2D eigenvalue weighted by Crippen LogP contribution is -2.29. The van der Waals surface area contributed by atoms with Crippen LogP contribution in [0.25, 0.3) is 10.2 Å². The van der Waals surface area contributed by atoms with E-state index < -0.39 is 0 Å². The summed E-state index contributed by atoms with van der Waals surface area (Å²) in [5.74, 6) is 0.284. The van der Waals surface area contributed by atoms with Gasteiger partial charge in [-0.3, -0.25) is 14.2 Å². The number of Topliss-reactive ketones (excluding diaryl/α,β-unsaturated/α-hetero) is 1. The Morgan fingerprint density at radius 1 is 1.13 bits per heavy atom. The Balaban J connectivity index is 1.52. The second kappa shape index (κ2) is 8.48. The standard InChI is InChI=1S/C23H23ClN2O2S2/c24-15-11-9-14(10-12-15)18(27)13-29-23-25-21-20(17-7-4-8-19(17)30-21)22(28)26(23)16-5-2-1-3-6-16/h9-12,16H,1-8,13H2. The Labute approximate surface area is 188 Å². The highest BCUT2D eigenvalue weighted by atomic mass is 35.5. The smallest absolute Gasteiger partial charge is 0.263 e. The zero-order chi connectivity index (χ0) is 20.7. The predicted molar refractivity (Wildman–Crippen MR) is 125 cm³/mol. The molecule has 2 aromatic heterocycles. The van der Waals surface area contributed by atoms with Gasteiger partial charge in [-0.2, -0.15) is 0 Å². The molecule has 5 rings (SSSR count). The lowest BCUT2D eigenvalue weighted by Gasteiger charge is -2.26. The first-order chi connectivity index (χ1) is 14.6. The van der Waals surface area contributed by atoms with Crippen LogP contribution < -0.4 is 5.56 Å². The first-order valence-corrected chi connectivity index (χ1v) is 12.8. The molecule has 0 spiro atoms. The molecule has 0 atom stereocenters. The highest BCUT2D eigenvalue weighted by Gasteiger charge is 2.27. The number of rotatable bonds is 5. The molecule has 1 aromatic carbocycles. The highest BCUT2D eigenvalue weighted by Crippen LogP contribution is 2.37. The minimum absolute atomic E-state index is 0.0230. The maximum absolute atomic E-state index is 13.6. The highest BCUT2D eigenvalue weighted by molar-refractivity contribution is 7.99. The van der Waals surface area contributed by atoms with Crippen LogP contribution in [0.15, 0.2) is 34.2 Å². The van der Waals surface area contributed by atoms with E-state index in [-0.39, 0.29) is 23.1 Å². The predicted octanol–water partition coefficient (Wildman–Crippen LogP) is 6.08. The first-order valence-electron chi connectivity index (χ1n) is 10.6. The number of hydrogen-bond acceptors (Lipinski definition) is 5. The second-order valence-corrected chi connectivity index (χ2v) is 10.6. The van der Waals surface area contributed by atoms with Gasteiger partial charge in [-0.25, -0.2) is 4.98 Å². The Bertz CT molecular complexity index is 1160. The van der Waals surface area contributed by atoms with E-state index in [9.17, 15) is 9.59 Å². The van der Waals surface area contributed by atoms with Gasteiger partial charge in [0.1, 0.15) is 4.83 Å². The third kappa shape index (κ3) is 3.74. The summed E-state index contributed by atoms with van der Waals surface area (Å²) in [6, 6.07) is 7.15. The largest absolute Gasteiger partial charge is 0.293 e. The Morgan fingerprint density at radius 3 is 2.67 bits per heavy atom. The zero-order valence-corrected chi connectivity index (χ0v) is 19.0. The molecule has 156 valence electrons. The summed E-state index contributed by atoms with van der Waals surface area (Å²) < 4.78 is 1.92. The summed E-state index contributed by atoms with van der Waals surface area (Å²) >= 11 is 9.00. The molecule has 0 bridgehead atoms. The summed E-state index contributed by atoms with van der Waals surface area (Å²) in [5, 5.41) is 2.15. The average molecular weight is 459 g/mol. The minimum Gasteiger partial charge on any atom is -0.293 e. The Morgan fingerprint density at radius 2 is 1.90 bits per heavy atom. The maximum Gasteiger partial charge on any atom is 0.263 e. The quantitative estimate of drug-likeness (QED) is 0.264. The number of aromatic nitrogens is 2. The molecule has 2 heterocycles. The van der Waals surface area contributed by atoms with Gasteiger partial charge in [0.05, 0.1) is 11.1 Å². The number of carbonyl (C=O) groups is 1. The first kappa shape index (κ1) is 20.3. The van der Waals surface area contributed by atoms with Crippen molar-refractivity contribution in [3.05, 3.63) is 55.6 Å². The summed E-state index contributed by atoms with van der Waals surface area (Å²) in [6.45, 7) is 0. The summed E-state index contributed by atoms with van der Waals surface area (Å²) in [6.07, 6.45) is 8.71. The maximum atomic E-state index is 13.6. The van der Waals surface area contributed by atoms with Gasteiger partial charge in [0, 0.05) is 21.5 Å². The average Bonchev–Trinajstić information content (AvgIpc) is 3.34. The van der Waals surface area contributed by atoms with Gasteiger partial charge in [-0.15, -0.1) is 11.3 Å². The lowest BCUT2D eigenvalue weighted by atomic mass is 9.95. The molecule has 0 N–H and O–H groups in total. The van der Waals surface area contributed by atoms with Crippen LogP contribution >= 0.6 is 34.7 Å². The summed E-state index contributed by atoms with van der Waals surface area (Å²) in [5.41, 5.74) is 1.97. The van der Waals surface area contributed by atoms with Crippen molar-refractivity contribution < 1.29 is 4.79 Å².